The van der Waals surface area contributed by atoms with Gasteiger partial charge in [-0.25, -0.2) is 0 Å². The molecule has 1 fully saturated rings. The van der Waals surface area contributed by atoms with Crippen LogP contribution in [0, 0.1) is 22.7 Å². The van der Waals surface area contributed by atoms with Crippen molar-refractivity contribution in [3.05, 3.63) is 35.4 Å². The van der Waals surface area contributed by atoms with E-state index in [9.17, 15) is 9.59 Å². The van der Waals surface area contributed by atoms with E-state index in [0.29, 0.717) is 23.3 Å². The van der Waals surface area contributed by atoms with Gasteiger partial charge in [-0.2, -0.15) is 0 Å². The van der Waals surface area contributed by atoms with Crippen molar-refractivity contribution in [3.8, 4) is 11.5 Å². The summed E-state index contributed by atoms with van der Waals surface area (Å²) in [7, 11) is 0. The summed E-state index contributed by atoms with van der Waals surface area (Å²) in [5, 5.41) is 0. The fourth-order valence-corrected chi connectivity index (χ4v) is 5.80. The van der Waals surface area contributed by atoms with Gasteiger partial charge in [0.25, 0.3) is 0 Å². The van der Waals surface area contributed by atoms with Crippen LogP contribution in [-0.4, -0.2) is 11.9 Å². The number of esters is 2. The van der Waals surface area contributed by atoms with Crippen LogP contribution in [0.4, 0.5) is 0 Å². The van der Waals surface area contributed by atoms with Crippen LogP contribution < -0.4 is 9.47 Å². The summed E-state index contributed by atoms with van der Waals surface area (Å²) in [4.78, 5) is 23.1. The second kappa shape index (κ2) is 7.97. The molecule has 4 heteroatoms. The van der Waals surface area contributed by atoms with Crippen molar-refractivity contribution in [1.82, 2.24) is 0 Å². The van der Waals surface area contributed by atoms with Gasteiger partial charge in [-0.3, -0.25) is 9.59 Å². The first-order valence-corrected chi connectivity index (χ1v) is 10.7. The molecule has 1 aromatic carbocycles. The quantitative estimate of drug-likeness (QED) is 0.361. The summed E-state index contributed by atoms with van der Waals surface area (Å²) in [6.07, 6.45) is 7.92. The molecule has 0 amide bonds. The van der Waals surface area contributed by atoms with E-state index in [-0.39, 0.29) is 22.8 Å². The molecule has 0 spiro atoms. The second-order valence-electron chi connectivity index (χ2n) is 9.51. The maximum Gasteiger partial charge on any atom is 0.308 e. The summed E-state index contributed by atoms with van der Waals surface area (Å²) in [6.45, 7) is 12.3. The van der Waals surface area contributed by atoms with Crippen molar-refractivity contribution in [3.63, 3.8) is 0 Å². The molecular weight excluding hydrogens is 364 g/mol. The molecule has 0 radical (unpaired) electrons. The number of carbonyl (C=O) groups is 2. The molecule has 0 saturated heterocycles. The van der Waals surface area contributed by atoms with Crippen LogP contribution in [-0.2, 0) is 16.0 Å². The fraction of sp³-hybridized carbons (Fsp3) is 0.600. The first-order chi connectivity index (χ1) is 13.6. The van der Waals surface area contributed by atoms with Gasteiger partial charge in [0.2, 0.25) is 0 Å². The topological polar surface area (TPSA) is 52.6 Å². The SMILES string of the molecule is CC(=O)Oc1ccc(OC(C)=O)c(C[C@@]2(C)[C@H]3CCC=C(C)[C@@]3(C)CC[C@@H]2C)c1. The number of rotatable bonds is 4. The first kappa shape index (κ1) is 21.6. The highest BCUT2D eigenvalue weighted by molar-refractivity contribution is 5.71. The molecule has 4 nitrogen and oxygen atoms in total. The van der Waals surface area contributed by atoms with Crippen LogP contribution in [0.5, 0.6) is 11.5 Å². The molecule has 1 aromatic rings. The normalized spacial score (nSPS) is 31.4. The van der Waals surface area contributed by atoms with E-state index in [2.05, 4.69) is 33.8 Å². The number of hydrogen-bond donors (Lipinski definition) is 0. The van der Waals surface area contributed by atoms with Gasteiger partial charge in [-0.05, 0) is 85.5 Å². The highest BCUT2D eigenvalue weighted by atomic mass is 16.5. The highest BCUT2D eigenvalue weighted by Gasteiger charge is 2.53. The third-order valence-corrected chi connectivity index (χ3v) is 7.71. The second-order valence-corrected chi connectivity index (χ2v) is 9.51. The third-order valence-electron chi connectivity index (χ3n) is 7.71. The largest absolute Gasteiger partial charge is 0.427 e. The molecule has 0 bridgehead atoms. The predicted octanol–water partition coefficient (Wildman–Crippen LogP) is 5.88. The van der Waals surface area contributed by atoms with Crippen LogP contribution >= 0.6 is 0 Å². The lowest BCUT2D eigenvalue weighted by Gasteiger charge is -2.58. The Kier molecular flexibility index (Phi) is 5.93. The van der Waals surface area contributed by atoms with Gasteiger partial charge in [0.1, 0.15) is 11.5 Å². The lowest BCUT2D eigenvalue weighted by molar-refractivity contribution is -0.133. The van der Waals surface area contributed by atoms with Crippen LogP contribution in [0.2, 0.25) is 0 Å². The van der Waals surface area contributed by atoms with E-state index < -0.39 is 0 Å². The summed E-state index contributed by atoms with van der Waals surface area (Å²) in [5.41, 5.74) is 2.73. The summed E-state index contributed by atoms with van der Waals surface area (Å²) < 4.78 is 10.8. The Morgan fingerprint density at radius 3 is 2.45 bits per heavy atom. The first-order valence-electron chi connectivity index (χ1n) is 10.7. The van der Waals surface area contributed by atoms with Crippen molar-refractivity contribution in [2.75, 3.05) is 0 Å². The fourth-order valence-electron chi connectivity index (χ4n) is 5.80. The molecular formula is C25H34O4. The number of hydrogen-bond acceptors (Lipinski definition) is 4. The van der Waals surface area contributed by atoms with Crippen LogP contribution in [0.25, 0.3) is 0 Å². The van der Waals surface area contributed by atoms with Crippen molar-refractivity contribution < 1.29 is 19.1 Å². The van der Waals surface area contributed by atoms with Gasteiger partial charge >= 0.3 is 11.9 Å². The van der Waals surface area contributed by atoms with Gasteiger partial charge < -0.3 is 9.47 Å². The Labute approximate surface area is 174 Å². The molecule has 2 aliphatic rings. The molecule has 4 atom stereocenters. The van der Waals surface area contributed by atoms with Crippen molar-refractivity contribution in [2.24, 2.45) is 22.7 Å². The van der Waals surface area contributed by atoms with E-state index in [4.69, 9.17) is 9.47 Å². The molecule has 158 valence electrons. The molecule has 0 N–H and O–H groups in total. The summed E-state index contributed by atoms with van der Waals surface area (Å²) in [5.74, 6) is 1.49. The average Bonchev–Trinajstić information content (AvgIpc) is 2.62. The standard InChI is InChI=1S/C25H34O4/c1-16-8-7-9-23-24(16,5)13-12-17(2)25(23,6)15-20-14-21(28-18(3)26)10-11-22(20)29-19(4)27/h8,10-11,14,17,23H,7,9,12-13,15H2,1-6H3/t17-,23-,24+,25+/m0/s1. The predicted molar refractivity (Wildman–Crippen MR) is 114 cm³/mol. The average molecular weight is 399 g/mol. The minimum Gasteiger partial charge on any atom is -0.427 e. The highest BCUT2D eigenvalue weighted by Crippen LogP contribution is 2.61. The zero-order chi connectivity index (χ0) is 21.4. The molecule has 3 rings (SSSR count). The van der Waals surface area contributed by atoms with E-state index in [1.54, 1.807) is 12.1 Å². The van der Waals surface area contributed by atoms with Crippen molar-refractivity contribution >= 4 is 11.9 Å². The van der Waals surface area contributed by atoms with E-state index >= 15 is 0 Å². The van der Waals surface area contributed by atoms with Crippen LogP contribution in [0.15, 0.2) is 29.8 Å². The third kappa shape index (κ3) is 4.12. The number of benzene rings is 1. The minimum atomic E-state index is -0.353. The van der Waals surface area contributed by atoms with Crippen LogP contribution in [0.1, 0.15) is 72.8 Å². The Hall–Kier alpha value is -2.10. The molecule has 29 heavy (non-hydrogen) atoms. The van der Waals surface area contributed by atoms with Crippen molar-refractivity contribution in [1.29, 1.82) is 0 Å². The smallest absolute Gasteiger partial charge is 0.308 e. The van der Waals surface area contributed by atoms with Gasteiger partial charge in [0.15, 0.2) is 0 Å². The number of allylic oxidation sites excluding steroid dienone is 2. The Bertz CT molecular complexity index is 839. The molecule has 0 aromatic heterocycles. The minimum absolute atomic E-state index is 0.0618. The van der Waals surface area contributed by atoms with E-state index in [1.807, 2.05) is 6.07 Å². The van der Waals surface area contributed by atoms with Crippen molar-refractivity contribution in [2.45, 2.75) is 73.6 Å². The molecule has 1 saturated carbocycles. The summed E-state index contributed by atoms with van der Waals surface area (Å²) >= 11 is 0. The molecule has 0 aliphatic heterocycles. The molecule has 0 heterocycles. The zero-order valence-electron chi connectivity index (χ0n) is 18.6. The molecule has 2 aliphatic carbocycles. The Morgan fingerprint density at radius 1 is 1.10 bits per heavy atom. The van der Waals surface area contributed by atoms with E-state index in [1.165, 1.54) is 38.7 Å². The van der Waals surface area contributed by atoms with Gasteiger partial charge in [0, 0.05) is 13.8 Å². The maximum atomic E-state index is 11.7. The monoisotopic (exact) mass is 398 g/mol. The maximum absolute atomic E-state index is 11.7. The number of fused-ring (bicyclic) bond motifs is 1. The van der Waals surface area contributed by atoms with Gasteiger partial charge in [-0.1, -0.05) is 32.4 Å². The lowest BCUT2D eigenvalue weighted by Crippen LogP contribution is -2.50. The van der Waals surface area contributed by atoms with Crippen LogP contribution in [0.3, 0.4) is 0 Å². The lowest BCUT2D eigenvalue weighted by atomic mass is 9.47. The zero-order valence-corrected chi connectivity index (χ0v) is 18.6. The van der Waals surface area contributed by atoms with Gasteiger partial charge in [-0.15, -0.1) is 0 Å². The van der Waals surface area contributed by atoms with Gasteiger partial charge in [0.05, 0.1) is 0 Å². The Balaban J connectivity index is 2.02. The Morgan fingerprint density at radius 2 is 1.79 bits per heavy atom. The van der Waals surface area contributed by atoms with E-state index in [0.717, 1.165) is 18.4 Å². The summed E-state index contributed by atoms with van der Waals surface area (Å²) in [6, 6.07) is 5.31. The number of carbonyl (C=O) groups excluding carboxylic acids is 2. The molecule has 0 unspecified atom stereocenters. The number of ether oxygens (including phenoxy) is 2.